The van der Waals surface area contributed by atoms with Crippen LogP contribution >= 0.6 is 11.8 Å². The SMILES string of the molecule is CCC(c1nnc(SCC(=O)NC(C)c2ccccc2)n1Cc1ccccc1)N(C)C. The van der Waals surface area contributed by atoms with E-state index in [2.05, 4.69) is 58.1 Å². The second-order valence-electron chi connectivity index (χ2n) is 7.79. The zero-order valence-electron chi connectivity index (χ0n) is 18.7. The molecule has 0 aliphatic carbocycles. The van der Waals surface area contributed by atoms with Crippen LogP contribution in [-0.4, -0.2) is 45.4 Å². The molecule has 0 fully saturated rings. The van der Waals surface area contributed by atoms with E-state index >= 15 is 0 Å². The summed E-state index contributed by atoms with van der Waals surface area (Å²) in [5.41, 5.74) is 2.27. The van der Waals surface area contributed by atoms with Crippen molar-refractivity contribution in [2.24, 2.45) is 0 Å². The van der Waals surface area contributed by atoms with Crippen molar-refractivity contribution < 1.29 is 4.79 Å². The van der Waals surface area contributed by atoms with Crippen molar-refractivity contribution in [3.8, 4) is 0 Å². The lowest BCUT2D eigenvalue weighted by Gasteiger charge is -2.23. The van der Waals surface area contributed by atoms with Crippen LogP contribution in [0.4, 0.5) is 0 Å². The van der Waals surface area contributed by atoms with Crippen LogP contribution in [0, 0.1) is 0 Å². The first-order chi connectivity index (χ1) is 15.0. The molecule has 6 nitrogen and oxygen atoms in total. The molecule has 0 spiro atoms. The summed E-state index contributed by atoms with van der Waals surface area (Å²) in [6.45, 7) is 4.83. The van der Waals surface area contributed by atoms with Gasteiger partial charge in [-0.1, -0.05) is 79.3 Å². The maximum Gasteiger partial charge on any atom is 0.230 e. The Morgan fingerprint density at radius 1 is 1.06 bits per heavy atom. The van der Waals surface area contributed by atoms with Crippen LogP contribution in [0.25, 0.3) is 0 Å². The molecule has 2 aromatic carbocycles. The smallest absolute Gasteiger partial charge is 0.230 e. The molecule has 7 heteroatoms. The molecule has 0 saturated carbocycles. The predicted octanol–water partition coefficient (Wildman–Crippen LogP) is 4.31. The quantitative estimate of drug-likeness (QED) is 0.479. The third kappa shape index (κ3) is 6.18. The highest BCUT2D eigenvalue weighted by atomic mass is 32.2. The second-order valence-corrected chi connectivity index (χ2v) is 8.73. The Balaban J connectivity index is 1.74. The van der Waals surface area contributed by atoms with E-state index in [1.807, 2.05) is 55.5 Å². The Morgan fingerprint density at radius 2 is 1.71 bits per heavy atom. The highest BCUT2D eigenvalue weighted by Gasteiger charge is 2.23. The van der Waals surface area contributed by atoms with E-state index in [0.717, 1.165) is 23.0 Å². The molecule has 0 radical (unpaired) electrons. The van der Waals surface area contributed by atoms with Crippen molar-refractivity contribution in [1.82, 2.24) is 25.0 Å². The number of amides is 1. The van der Waals surface area contributed by atoms with Crippen molar-refractivity contribution in [1.29, 1.82) is 0 Å². The summed E-state index contributed by atoms with van der Waals surface area (Å²) >= 11 is 1.43. The lowest BCUT2D eigenvalue weighted by Crippen LogP contribution is -2.28. The fourth-order valence-corrected chi connectivity index (χ4v) is 4.34. The van der Waals surface area contributed by atoms with E-state index in [9.17, 15) is 4.79 Å². The number of rotatable bonds is 10. The summed E-state index contributed by atoms with van der Waals surface area (Å²) in [5.74, 6) is 1.21. The summed E-state index contributed by atoms with van der Waals surface area (Å²) in [7, 11) is 4.11. The van der Waals surface area contributed by atoms with E-state index < -0.39 is 0 Å². The van der Waals surface area contributed by atoms with Gasteiger partial charge in [0.15, 0.2) is 11.0 Å². The van der Waals surface area contributed by atoms with Gasteiger partial charge in [0.2, 0.25) is 5.91 Å². The maximum atomic E-state index is 12.6. The van der Waals surface area contributed by atoms with Crippen molar-refractivity contribution in [2.45, 2.75) is 44.1 Å². The third-order valence-corrected chi connectivity index (χ3v) is 6.21. The Morgan fingerprint density at radius 3 is 2.32 bits per heavy atom. The fourth-order valence-electron chi connectivity index (χ4n) is 3.58. The minimum absolute atomic E-state index is 0.0168. The van der Waals surface area contributed by atoms with E-state index in [0.29, 0.717) is 12.3 Å². The molecule has 2 atom stereocenters. The summed E-state index contributed by atoms with van der Waals surface area (Å²) in [6, 6.07) is 20.4. The van der Waals surface area contributed by atoms with Crippen LogP contribution in [-0.2, 0) is 11.3 Å². The van der Waals surface area contributed by atoms with Crippen LogP contribution in [0.2, 0.25) is 0 Å². The summed E-state index contributed by atoms with van der Waals surface area (Å²) in [6.07, 6.45) is 0.930. The van der Waals surface area contributed by atoms with Crippen LogP contribution in [0.5, 0.6) is 0 Å². The summed E-state index contributed by atoms with van der Waals surface area (Å²) in [4.78, 5) is 14.7. The molecule has 164 valence electrons. The van der Waals surface area contributed by atoms with Crippen LogP contribution in [0.15, 0.2) is 65.8 Å². The van der Waals surface area contributed by atoms with Gasteiger partial charge in [-0.2, -0.15) is 0 Å². The average molecular weight is 438 g/mol. The predicted molar refractivity (Wildman–Crippen MR) is 126 cm³/mol. The zero-order valence-corrected chi connectivity index (χ0v) is 19.5. The number of aromatic nitrogens is 3. The number of carbonyl (C=O) groups excluding carboxylic acids is 1. The molecule has 31 heavy (non-hydrogen) atoms. The fraction of sp³-hybridized carbons (Fsp3) is 0.375. The highest BCUT2D eigenvalue weighted by Crippen LogP contribution is 2.26. The minimum atomic E-state index is -0.0368. The number of hydrogen-bond acceptors (Lipinski definition) is 5. The summed E-state index contributed by atoms with van der Waals surface area (Å²) < 4.78 is 2.14. The van der Waals surface area contributed by atoms with Crippen molar-refractivity contribution in [2.75, 3.05) is 19.8 Å². The number of nitrogens with zero attached hydrogens (tertiary/aromatic N) is 4. The van der Waals surface area contributed by atoms with Gasteiger partial charge in [0.05, 0.1) is 24.4 Å². The van der Waals surface area contributed by atoms with Gasteiger partial charge in [0, 0.05) is 0 Å². The zero-order chi connectivity index (χ0) is 22.2. The molecule has 0 aliphatic heterocycles. The Hall–Kier alpha value is -2.64. The molecule has 0 saturated heterocycles. The molecular weight excluding hydrogens is 406 g/mol. The number of nitrogens with one attached hydrogen (secondary N) is 1. The van der Waals surface area contributed by atoms with Gasteiger partial charge >= 0.3 is 0 Å². The van der Waals surface area contributed by atoms with Gasteiger partial charge in [-0.25, -0.2) is 0 Å². The Kier molecular flexibility index (Phi) is 8.26. The maximum absolute atomic E-state index is 12.6. The van der Waals surface area contributed by atoms with Gasteiger partial charge in [-0.05, 0) is 38.6 Å². The lowest BCUT2D eigenvalue weighted by atomic mass is 10.1. The van der Waals surface area contributed by atoms with Crippen molar-refractivity contribution >= 4 is 17.7 Å². The molecule has 1 heterocycles. The van der Waals surface area contributed by atoms with Crippen molar-refractivity contribution in [3.05, 3.63) is 77.6 Å². The van der Waals surface area contributed by atoms with E-state index in [1.54, 1.807) is 0 Å². The lowest BCUT2D eigenvalue weighted by molar-refractivity contribution is -0.119. The molecule has 0 bridgehead atoms. The first kappa shape index (κ1) is 23.0. The largest absolute Gasteiger partial charge is 0.349 e. The topological polar surface area (TPSA) is 63.1 Å². The molecule has 1 N–H and O–H groups in total. The monoisotopic (exact) mass is 437 g/mol. The Labute approximate surface area is 189 Å². The highest BCUT2D eigenvalue weighted by molar-refractivity contribution is 7.99. The molecule has 2 unspecified atom stereocenters. The van der Waals surface area contributed by atoms with E-state index in [4.69, 9.17) is 0 Å². The van der Waals surface area contributed by atoms with Gasteiger partial charge in [-0.3, -0.25) is 9.69 Å². The number of carbonyl (C=O) groups is 1. The van der Waals surface area contributed by atoms with Gasteiger partial charge < -0.3 is 9.88 Å². The first-order valence-corrected chi connectivity index (χ1v) is 11.6. The molecule has 1 aromatic heterocycles. The normalized spacial score (nSPS) is 13.2. The minimum Gasteiger partial charge on any atom is -0.349 e. The third-order valence-electron chi connectivity index (χ3n) is 5.25. The van der Waals surface area contributed by atoms with Crippen LogP contribution in [0.3, 0.4) is 0 Å². The Bertz CT molecular complexity index is 959. The molecule has 0 aliphatic rings. The van der Waals surface area contributed by atoms with Gasteiger partial charge in [-0.15, -0.1) is 10.2 Å². The van der Waals surface area contributed by atoms with Crippen LogP contribution < -0.4 is 5.32 Å². The number of benzene rings is 2. The van der Waals surface area contributed by atoms with E-state index in [1.165, 1.54) is 17.3 Å². The average Bonchev–Trinajstić information content (AvgIpc) is 3.16. The van der Waals surface area contributed by atoms with E-state index in [-0.39, 0.29) is 18.0 Å². The number of thioether (sulfide) groups is 1. The number of hydrogen-bond donors (Lipinski definition) is 1. The van der Waals surface area contributed by atoms with Crippen LogP contribution in [0.1, 0.15) is 49.3 Å². The van der Waals surface area contributed by atoms with Crippen molar-refractivity contribution in [3.63, 3.8) is 0 Å². The molecule has 3 aromatic rings. The first-order valence-electron chi connectivity index (χ1n) is 10.6. The van der Waals surface area contributed by atoms with Gasteiger partial charge in [0.25, 0.3) is 0 Å². The summed E-state index contributed by atoms with van der Waals surface area (Å²) in [5, 5.41) is 12.8. The molecule has 1 amide bonds. The van der Waals surface area contributed by atoms with Gasteiger partial charge in [0.1, 0.15) is 0 Å². The molecule has 3 rings (SSSR count). The molecular formula is C24H31N5OS. The second kappa shape index (κ2) is 11.1. The standard InChI is InChI=1S/C24H31N5OS/c1-5-21(28(3)4)23-26-27-24(29(23)16-19-12-8-6-9-13-19)31-17-22(30)25-18(2)20-14-10-7-11-15-20/h6-15,18,21H,5,16-17H2,1-4H3,(H,25,30).